The molecule has 5 nitrogen and oxygen atoms in total. The fourth-order valence-corrected chi connectivity index (χ4v) is 1.87. The number of rotatable bonds is 4. The molecule has 0 saturated carbocycles. The SMILES string of the molecule is CSc1nc(NN)cc(Nc2ccc(Cl)c(F)c2)n1. The van der Waals surface area contributed by atoms with Crippen molar-refractivity contribution in [3.05, 3.63) is 35.1 Å². The van der Waals surface area contributed by atoms with E-state index in [1.165, 1.54) is 23.9 Å². The largest absolute Gasteiger partial charge is 0.340 e. The number of nitrogens with zero attached hydrogens (tertiary/aromatic N) is 2. The molecule has 0 aliphatic rings. The predicted molar refractivity (Wildman–Crippen MR) is 76.3 cm³/mol. The monoisotopic (exact) mass is 299 g/mol. The molecule has 0 atom stereocenters. The zero-order valence-corrected chi connectivity index (χ0v) is 11.5. The maximum Gasteiger partial charge on any atom is 0.191 e. The van der Waals surface area contributed by atoms with Crippen molar-refractivity contribution in [3.63, 3.8) is 0 Å². The summed E-state index contributed by atoms with van der Waals surface area (Å²) >= 11 is 7.00. The molecule has 1 aromatic heterocycles. The smallest absolute Gasteiger partial charge is 0.191 e. The molecule has 0 unspecified atom stereocenters. The summed E-state index contributed by atoms with van der Waals surface area (Å²) in [5.74, 6) is 5.80. The van der Waals surface area contributed by atoms with Gasteiger partial charge >= 0.3 is 0 Å². The summed E-state index contributed by atoms with van der Waals surface area (Å²) in [5.41, 5.74) is 2.99. The van der Waals surface area contributed by atoms with Crippen LogP contribution in [0.5, 0.6) is 0 Å². The maximum atomic E-state index is 13.3. The second kappa shape index (κ2) is 6.05. The summed E-state index contributed by atoms with van der Waals surface area (Å²) in [6.45, 7) is 0. The Kier molecular flexibility index (Phi) is 4.41. The fraction of sp³-hybridized carbons (Fsp3) is 0.0909. The highest BCUT2D eigenvalue weighted by molar-refractivity contribution is 7.98. The van der Waals surface area contributed by atoms with Gasteiger partial charge in [0.1, 0.15) is 17.5 Å². The molecular weight excluding hydrogens is 289 g/mol. The van der Waals surface area contributed by atoms with E-state index in [2.05, 4.69) is 20.7 Å². The van der Waals surface area contributed by atoms with E-state index in [1.54, 1.807) is 12.1 Å². The Labute approximate surface area is 118 Å². The standard InChI is InChI=1S/C11H11ClFN5S/c1-19-11-16-9(5-10(17-11)18-14)15-6-2-3-7(12)8(13)4-6/h2-5H,14H2,1H3,(H2,15,16,17,18). The summed E-state index contributed by atoms with van der Waals surface area (Å²) in [6.07, 6.45) is 1.85. The lowest BCUT2D eigenvalue weighted by atomic mass is 10.3. The number of thioether (sulfide) groups is 1. The Hall–Kier alpha value is -1.57. The maximum absolute atomic E-state index is 13.3. The van der Waals surface area contributed by atoms with E-state index in [0.29, 0.717) is 22.5 Å². The second-order valence-corrected chi connectivity index (χ2v) is 4.70. The minimum Gasteiger partial charge on any atom is -0.340 e. The van der Waals surface area contributed by atoms with Crippen LogP contribution in [0.1, 0.15) is 0 Å². The first-order chi connectivity index (χ1) is 9.12. The van der Waals surface area contributed by atoms with Gasteiger partial charge in [-0.15, -0.1) is 0 Å². The number of halogens is 2. The third-order valence-corrected chi connectivity index (χ3v) is 3.08. The van der Waals surface area contributed by atoms with E-state index >= 15 is 0 Å². The molecule has 0 radical (unpaired) electrons. The average Bonchev–Trinajstić information content (AvgIpc) is 2.42. The van der Waals surface area contributed by atoms with Crippen molar-refractivity contribution in [2.45, 2.75) is 5.16 Å². The minimum absolute atomic E-state index is 0.0716. The number of nitrogen functional groups attached to an aromatic ring is 1. The zero-order valence-electron chi connectivity index (χ0n) is 9.95. The first-order valence-corrected chi connectivity index (χ1v) is 6.84. The topological polar surface area (TPSA) is 75.9 Å². The van der Waals surface area contributed by atoms with Crippen LogP contribution in [0, 0.1) is 5.82 Å². The number of anilines is 3. The molecule has 0 saturated heterocycles. The Morgan fingerprint density at radius 2 is 2.00 bits per heavy atom. The molecule has 0 amide bonds. The number of aromatic nitrogens is 2. The lowest BCUT2D eigenvalue weighted by molar-refractivity contribution is 0.629. The summed E-state index contributed by atoms with van der Waals surface area (Å²) in [4.78, 5) is 8.36. The summed E-state index contributed by atoms with van der Waals surface area (Å²) in [7, 11) is 0. The van der Waals surface area contributed by atoms with Crippen LogP contribution in [0.3, 0.4) is 0 Å². The number of hydrazine groups is 1. The van der Waals surface area contributed by atoms with Crippen LogP contribution in [-0.4, -0.2) is 16.2 Å². The summed E-state index contributed by atoms with van der Waals surface area (Å²) < 4.78 is 13.3. The Balaban J connectivity index is 2.29. The van der Waals surface area contributed by atoms with Gasteiger partial charge in [0, 0.05) is 11.8 Å². The molecule has 0 aliphatic carbocycles. The normalized spacial score (nSPS) is 10.3. The van der Waals surface area contributed by atoms with Crippen molar-refractivity contribution in [2.24, 2.45) is 5.84 Å². The van der Waals surface area contributed by atoms with Gasteiger partial charge in [0.05, 0.1) is 5.02 Å². The highest BCUT2D eigenvalue weighted by Gasteiger charge is 2.05. The molecule has 1 aromatic carbocycles. The molecule has 2 rings (SSSR count). The van der Waals surface area contributed by atoms with Crippen LogP contribution in [0.4, 0.5) is 21.7 Å². The lowest BCUT2D eigenvalue weighted by Crippen LogP contribution is -2.10. The van der Waals surface area contributed by atoms with Crippen molar-refractivity contribution < 1.29 is 4.39 Å². The average molecular weight is 300 g/mol. The van der Waals surface area contributed by atoms with Crippen molar-refractivity contribution in [2.75, 3.05) is 17.0 Å². The van der Waals surface area contributed by atoms with Gasteiger partial charge in [-0.05, 0) is 24.5 Å². The number of hydrogen-bond donors (Lipinski definition) is 3. The molecule has 4 N–H and O–H groups in total. The van der Waals surface area contributed by atoms with Gasteiger partial charge in [0.15, 0.2) is 5.16 Å². The van der Waals surface area contributed by atoms with Gasteiger partial charge in [-0.1, -0.05) is 23.4 Å². The van der Waals surface area contributed by atoms with Gasteiger partial charge in [-0.2, -0.15) is 0 Å². The summed E-state index contributed by atoms with van der Waals surface area (Å²) in [5, 5.41) is 3.58. The highest BCUT2D eigenvalue weighted by atomic mass is 35.5. The van der Waals surface area contributed by atoms with Crippen LogP contribution in [0.25, 0.3) is 0 Å². The van der Waals surface area contributed by atoms with Gasteiger partial charge in [0.2, 0.25) is 0 Å². The van der Waals surface area contributed by atoms with Crippen LogP contribution in [0.15, 0.2) is 29.4 Å². The van der Waals surface area contributed by atoms with Gasteiger partial charge in [-0.25, -0.2) is 20.2 Å². The third-order valence-electron chi connectivity index (χ3n) is 2.23. The van der Waals surface area contributed by atoms with Crippen molar-refractivity contribution >= 4 is 40.7 Å². The number of hydrogen-bond acceptors (Lipinski definition) is 6. The van der Waals surface area contributed by atoms with E-state index in [4.69, 9.17) is 17.4 Å². The molecule has 2 aromatic rings. The first kappa shape index (κ1) is 13.9. The third kappa shape index (κ3) is 3.46. The molecule has 0 aliphatic heterocycles. The Morgan fingerprint density at radius 3 is 2.63 bits per heavy atom. The molecule has 1 heterocycles. The Morgan fingerprint density at radius 1 is 1.26 bits per heavy atom. The van der Waals surface area contributed by atoms with E-state index in [0.717, 1.165) is 0 Å². The van der Waals surface area contributed by atoms with Crippen molar-refractivity contribution in [3.8, 4) is 0 Å². The van der Waals surface area contributed by atoms with Crippen LogP contribution in [0.2, 0.25) is 5.02 Å². The molecular formula is C11H11ClFN5S. The molecule has 0 spiro atoms. The molecule has 8 heteroatoms. The van der Waals surface area contributed by atoms with Gasteiger partial charge in [0.25, 0.3) is 0 Å². The van der Waals surface area contributed by atoms with E-state index in [1.807, 2.05) is 6.26 Å². The molecule has 19 heavy (non-hydrogen) atoms. The second-order valence-electron chi connectivity index (χ2n) is 3.52. The predicted octanol–water partition coefficient (Wildman–Crippen LogP) is 3.02. The van der Waals surface area contributed by atoms with E-state index in [-0.39, 0.29) is 5.02 Å². The number of nitrogens with two attached hydrogens (primary N) is 1. The zero-order chi connectivity index (χ0) is 13.8. The van der Waals surface area contributed by atoms with Crippen molar-refractivity contribution in [1.29, 1.82) is 0 Å². The quantitative estimate of drug-likeness (QED) is 0.349. The van der Waals surface area contributed by atoms with Gasteiger partial charge < -0.3 is 10.7 Å². The molecule has 0 bridgehead atoms. The fourth-order valence-electron chi connectivity index (χ4n) is 1.38. The van der Waals surface area contributed by atoms with Crippen LogP contribution < -0.4 is 16.6 Å². The van der Waals surface area contributed by atoms with E-state index in [9.17, 15) is 4.39 Å². The van der Waals surface area contributed by atoms with Gasteiger partial charge in [-0.3, -0.25) is 0 Å². The van der Waals surface area contributed by atoms with Crippen LogP contribution in [-0.2, 0) is 0 Å². The van der Waals surface area contributed by atoms with E-state index < -0.39 is 5.82 Å². The molecule has 0 fully saturated rings. The Bertz CT molecular complexity index is 573. The molecule has 100 valence electrons. The lowest BCUT2D eigenvalue weighted by Gasteiger charge is -2.09. The first-order valence-electron chi connectivity index (χ1n) is 5.24. The van der Waals surface area contributed by atoms with Crippen molar-refractivity contribution in [1.82, 2.24) is 9.97 Å². The van der Waals surface area contributed by atoms with Crippen LogP contribution >= 0.6 is 23.4 Å². The minimum atomic E-state index is -0.497. The summed E-state index contributed by atoms with van der Waals surface area (Å²) in [6, 6.07) is 6.03. The number of benzene rings is 1. The highest BCUT2D eigenvalue weighted by Crippen LogP contribution is 2.23. The number of nitrogens with one attached hydrogen (secondary N) is 2.